The summed E-state index contributed by atoms with van der Waals surface area (Å²) in [6, 6.07) is 14.5. The monoisotopic (exact) mass is 384 g/mol. The average Bonchev–Trinajstić information content (AvgIpc) is 2.55. The number of amides is 1. The van der Waals surface area contributed by atoms with Crippen molar-refractivity contribution in [2.45, 2.75) is 19.8 Å². The van der Waals surface area contributed by atoms with E-state index in [0.717, 1.165) is 33.8 Å². The molecule has 0 saturated heterocycles. The van der Waals surface area contributed by atoms with E-state index < -0.39 is 0 Å². The van der Waals surface area contributed by atoms with E-state index in [1.807, 2.05) is 30.3 Å². The number of hydrogen-bond donors (Lipinski definition) is 2. The molecule has 3 aromatic rings. The van der Waals surface area contributed by atoms with Gasteiger partial charge in [-0.3, -0.25) is 9.59 Å². The van der Waals surface area contributed by atoms with Gasteiger partial charge in [0.25, 0.3) is 5.91 Å². The smallest absolute Gasteiger partial charge is 0.256 e. The Bertz CT molecular complexity index is 963. The molecule has 1 amide bonds. The zero-order chi connectivity index (χ0) is 17.1. The van der Waals surface area contributed by atoms with Crippen LogP contribution >= 0.6 is 15.9 Å². The first-order chi connectivity index (χ1) is 11.6. The molecule has 2 aromatic carbocycles. The average molecular weight is 385 g/mol. The van der Waals surface area contributed by atoms with E-state index in [0.29, 0.717) is 11.3 Å². The molecule has 0 bridgehead atoms. The Balaban J connectivity index is 1.95. The van der Waals surface area contributed by atoms with Crippen molar-refractivity contribution in [2.75, 3.05) is 5.32 Å². The number of benzene rings is 2. The second-order valence-corrected chi connectivity index (χ2v) is 6.46. The highest BCUT2D eigenvalue weighted by Gasteiger charge is 2.10. The zero-order valence-electron chi connectivity index (χ0n) is 13.2. The third kappa shape index (κ3) is 3.41. The number of halogens is 1. The van der Waals surface area contributed by atoms with Crippen molar-refractivity contribution in [3.63, 3.8) is 0 Å². The van der Waals surface area contributed by atoms with Crippen LogP contribution in [0.15, 0.2) is 57.8 Å². The van der Waals surface area contributed by atoms with Gasteiger partial charge in [-0.25, -0.2) is 0 Å². The number of carbonyl (C=O) groups is 1. The van der Waals surface area contributed by atoms with E-state index in [-0.39, 0.29) is 11.5 Å². The lowest BCUT2D eigenvalue weighted by molar-refractivity contribution is 0.102. The van der Waals surface area contributed by atoms with Gasteiger partial charge in [0.1, 0.15) is 0 Å². The molecule has 0 aliphatic carbocycles. The van der Waals surface area contributed by atoms with Gasteiger partial charge >= 0.3 is 0 Å². The number of aromatic amines is 1. The largest absolute Gasteiger partial charge is 0.322 e. The van der Waals surface area contributed by atoms with Gasteiger partial charge in [-0.1, -0.05) is 31.5 Å². The number of anilines is 1. The molecule has 0 saturated carbocycles. The lowest BCUT2D eigenvalue weighted by Crippen LogP contribution is -2.13. The van der Waals surface area contributed by atoms with Gasteiger partial charge in [0.15, 0.2) is 0 Å². The predicted octanol–water partition coefficient (Wildman–Crippen LogP) is 4.50. The van der Waals surface area contributed by atoms with Gasteiger partial charge in [0.05, 0.1) is 11.1 Å². The van der Waals surface area contributed by atoms with E-state index in [9.17, 15) is 9.59 Å². The van der Waals surface area contributed by atoms with Crippen LogP contribution in [0.2, 0.25) is 0 Å². The second-order valence-electron chi connectivity index (χ2n) is 5.60. The number of pyridine rings is 1. The van der Waals surface area contributed by atoms with Crippen molar-refractivity contribution >= 4 is 38.4 Å². The molecule has 2 N–H and O–H groups in total. The third-order valence-corrected chi connectivity index (χ3v) is 4.52. The number of aryl methyl sites for hydroxylation is 1. The summed E-state index contributed by atoms with van der Waals surface area (Å²) in [5, 5.41) is 3.88. The molecule has 1 aromatic heterocycles. The molecule has 0 radical (unpaired) electrons. The van der Waals surface area contributed by atoms with Crippen molar-refractivity contribution in [3.05, 3.63) is 74.5 Å². The topological polar surface area (TPSA) is 62.0 Å². The Morgan fingerprint density at radius 2 is 1.96 bits per heavy atom. The lowest BCUT2D eigenvalue weighted by atomic mass is 10.0. The Labute approximate surface area is 148 Å². The maximum atomic E-state index is 12.4. The fourth-order valence-corrected chi connectivity index (χ4v) is 3.20. The van der Waals surface area contributed by atoms with Gasteiger partial charge in [-0.2, -0.15) is 0 Å². The third-order valence-electron chi connectivity index (χ3n) is 3.82. The highest BCUT2D eigenvalue weighted by Crippen LogP contribution is 2.22. The Kier molecular flexibility index (Phi) is 4.81. The molecule has 3 rings (SSSR count). The van der Waals surface area contributed by atoms with E-state index in [1.165, 1.54) is 0 Å². The normalized spacial score (nSPS) is 10.8. The molecular formula is C19H17BrN2O2. The molecule has 0 atom stereocenters. The minimum Gasteiger partial charge on any atom is -0.322 e. The van der Waals surface area contributed by atoms with Gasteiger partial charge < -0.3 is 10.3 Å². The molecule has 0 aliphatic rings. The fourth-order valence-electron chi connectivity index (χ4n) is 2.73. The Hall–Kier alpha value is -2.40. The van der Waals surface area contributed by atoms with Gasteiger partial charge in [-0.15, -0.1) is 0 Å². The minimum absolute atomic E-state index is 0.125. The summed E-state index contributed by atoms with van der Waals surface area (Å²) in [5.41, 5.74) is 2.84. The van der Waals surface area contributed by atoms with Crippen molar-refractivity contribution in [2.24, 2.45) is 0 Å². The first kappa shape index (κ1) is 16.5. The van der Waals surface area contributed by atoms with Gasteiger partial charge in [0, 0.05) is 21.6 Å². The summed E-state index contributed by atoms with van der Waals surface area (Å²) in [7, 11) is 0. The second kappa shape index (κ2) is 7.01. The molecule has 1 heterocycles. The van der Waals surface area contributed by atoms with Crippen LogP contribution in [0.4, 0.5) is 5.69 Å². The van der Waals surface area contributed by atoms with E-state index in [4.69, 9.17) is 0 Å². The molecular weight excluding hydrogens is 368 g/mol. The summed E-state index contributed by atoms with van der Waals surface area (Å²) in [4.78, 5) is 27.1. The standard InChI is InChI=1S/C19H17BrN2O2/c1-2-5-12-10-18(23)22-17-11-13(8-9-14(12)17)21-19(24)15-6-3-4-7-16(15)20/h3-4,6-11H,2,5H2,1H3,(H,21,24)(H,22,23). The Morgan fingerprint density at radius 1 is 1.17 bits per heavy atom. The number of hydrogen-bond acceptors (Lipinski definition) is 2. The first-order valence-corrected chi connectivity index (χ1v) is 8.59. The van der Waals surface area contributed by atoms with Crippen molar-refractivity contribution in [1.82, 2.24) is 4.98 Å². The van der Waals surface area contributed by atoms with Crippen LogP contribution in [0.5, 0.6) is 0 Å². The molecule has 4 nitrogen and oxygen atoms in total. The fraction of sp³-hybridized carbons (Fsp3) is 0.158. The minimum atomic E-state index is -0.200. The molecule has 0 spiro atoms. The zero-order valence-corrected chi connectivity index (χ0v) is 14.8. The van der Waals surface area contributed by atoms with Gasteiger partial charge in [0.2, 0.25) is 5.56 Å². The number of nitrogens with one attached hydrogen (secondary N) is 2. The van der Waals surface area contributed by atoms with Crippen molar-refractivity contribution in [3.8, 4) is 0 Å². The number of rotatable bonds is 4. The maximum Gasteiger partial charge on any atom is 0.256 e. The van der Waals surface area contributed by atoms with Crippen LogP contribution in [0.1, 0.15) is 29.3 Å². The molecule has 0 aliphatic heterocycles. The van der Waals surface area contributed by atoms with Crippen molar-refractivity contribution in [1.29, 1.82) is 0 Å². The van der Waals surface area contributed by atoms with E-state index in [2.05, 4.69) is 33.2 Å². The highest BCUT2D eigenvalue weighted by molar-refractivity contribution is 9.10. The van der Waals surface area contributed by atoms with Crippen LogP contribution in [0.3, 0.4) is 0 Å². The molecule has 122 valence electrons. The molecule has 0 fully saturated rings. The molecule has 24 heavy (non-hydrogen) atoms. The lowest BCUT2D eigenvalue weighted by Gasteiger charge is -2.10. The molecule has 0 unspecified atom stereocenters. The van der Waals surface area contributed by atoms with Crippen molar-refractivity contribution < 1.29 is 4.79 Å². The van der Waals surface area contributed by atoms with Crippen LogP contribution in [0.25, 0.3) is 10.9 Å². The van der Waals surface area contributed by atoms with Crippen LogP contribution in [-0.4, -0.2) is 10.9 Å². The molecule has 5 heteroatoms. The maximum absolute atomic E-state index is 12.4. The van der Waals surface area contributed by atoms with E-state index in [1.54, 1.807) is 18.2 Å². The number of fused-ring (bicyclic) bond motifs is 1. The van der Waals surface area contributed by atoms with Gasteiger partial charge in [-0.05, 0) is 52.2 Å². The summed E-state index contributed by atoms with van der Waals surface area (Å²) in [6.07, 6.45) is 1.82. The summed E-state index contributed by atoms with van der Waals surface area (Å²) >= 11 is 3.38. The SMILES string of the molecule is CCCc1cc(=O)[nH]c2cc(NC(=O)c3ccccc3Br)ccc12. The predicted molar refractivity (Wildman–Crippen MR) is 101 cm³/mol. The summed E-state index contributed by atoms with van der Waals surface area (Å²) < 4.78 is 0.738. The highest BCUT2D eigenvalue weighted by atomic mass is 79.9. The summed E-state index contributed by atoms with van der Waals surface area (Å²) in [6.45, 7) is 2.08. The van der Waals surface area contributed by atoms with Crippen LogP contribution in [-0.2, 0) is 6.42 Å². The quantitative estimate of drug-likeness (QED) is 0.695. The number of aromatic nitrogens is 1. The Morgan fingerprint density at radius 3 is 2.71 bits per heavy atom. The number of carbonyl (C=O) groups excluding carboxylic acids is 1. The van der Waals surface area contributed by atoms with E-state index >= 15 is 0 Å². The van der Waals surface area contributed by atoms with Crippen LogP contribution in [0, 0.1) is 0 Å². The first-order valence-electron chi connectivity index (χ1n) is 7.80. The summed E-state index contributed by atoms with van der Waals surface area (Å²) in [5.74, 6) is -0.200. The number of H-pyrrole nitrogens is 1. The van der Waals surface area contributed by atoms with Crippen LogP contribution < -0.4 is 10.9 Å².